The fourth-order valence-electron chi connectivity index (χ4n) is 1.51. The van der Waals surface area contributed by atoms with E-state index in [0.717, 1.165) is 0 Å². The third-order valence-electron chi connectivity index (χ3n) is 2.52. The summed E-state index contributed by atoms with van der Waals surface area (Å²) in [5.41, 5.74) is 0.368. The Morgan fingerprint density at radius 3 is 2.53 bits per heavy atom. The molecule has 1 aromatic rings. The minimum atomic E-state index is -1.07. The molecule has 0 radical (unpaired) electrons. The lowest BCUT2D eigenvalue weighted by Crippen LogP contribution is -2.40. The van der Waals surface area contributed by atoms with Gasteiger partial charge in [0.15, 0.2) is 0 Å². The molecule has 0 bridgehead atoms. The van der Waals surface area contributed by atoms with Gasteiger partial charge in [-0.1, -0.05) is 11.6 Å². The van der Waals surface area contributed by atoms with E-state index in [4.69, 9.17) is 23.1 Å². The highest BCUT2D eigenvalue weighted by molar-refractivity contribution is 6.30. The molecule has 0 aromatic heterocycles. The Bertz CT molecular complexity index is 490. The van der Waals surface area contributed by atoms with Crippen molar-refractivity contribution in [3.8, 4) is 12.3 Å². The quantitative estimate of drug-likeness (QED) is 0.620. The van der Waals surface area contributed by atoms with E-state index < -0.39 is 17.9 Å². The van der Waals surface area contributed by atoms with Crippen LogP contribution in [0.2, 0.25) is 5.02 Å². The van der Waals surface area contributed by atoms with Crippen molar-refractivity contribution < 1.29 is 14.7 Å². The van der Waals surface area contributed by atoms with E-state index in [2.05, 4.69) is 11.2 Å². The second kappa shape index (κ2) is 7.45. The molecule has 0 aliphatic carbocycles. The molecule has 0 aliphatic heterocycles. The topological polar surface area (TPSA) is 66.4 Å². The molecule has 5 heteroatoms. The van der Waals surface area contributed by atoms with E-state index in [1.54, 1.807) is 12.1 Å². The van der Waals surface area contributed by atoms with Gasteiger partial charge in [0, 0.05) is 17.0 Å². The first-order valence-corrected chi connectivity index (χ1v) is 6.15. The molecule has 0 heterocycles. The number of carbonyl (C=O) groups excluding carboxylic acids is 1. The summed E-state index contributed by atoms with van der Waals surface area (Å²) in [7, 11) is 0. The standard InChI is InChI=1S/C14H14ClNO3/c1-2-3-4-5-12(14(18)19)16-13(17)10-6-8-11(15)9-7-10/h1,6-9,12H,3-5H2,(H,16,17)(H,18,19)/t12-/m0/s1. The van der Waals surface area contributed by atoms with E-state index in [0.29, 0.717) is 29.8 Å². The van der Waals surface area contributed by atoms with Gasteiger partial charge in [-0.15, -0.1) is 12.3 Å². The molecule has 19 heavy (non-hydrogen) atoms. The number of aliphatic carboxylic acids is 1. The van der Waals surface area contributed by atoms with Gasteiger partial charge in [-0.3, -0.25) is 4.79 Å². The van der Waals surface area contributed by atoms with Gasteiger partial charge < -0.3 is 10.4 Å². The first-order valence-electron chi connectivity index (χ1n) is 5.77. The van der Waals surface area contributed by atoms with Crippen LogP contribution < -0.4 is 5.32 Å². The number of nitrogens with one attached hydrogen (secondary N) is 1. The summed E-state index contributed by atoms with van der Waals surface area (Å²) in [5, 5.41) is 12.0. The Labute approximate surface area is 116 Å². The van der Waals surface area contributed by atoms with Crippen molar-refractivity contribution >= 4 is 23.5 Å². The molecule has 0 saturated carbocycles. The smallest absolute Gasteiger partial charge is 0.326 e. The monoisotopic (exact) mass is 279 g/mol. The van der Waals surface area contributed by atoms with Crippen LogP contribution in [0.3, 0.4) is 0 Å². The summed E-state index contributed by atoms with van der Waals surface area (Å²) >= 11 is 5.71. The SMILES string of the molecule is C#CCCC[C@H](NC(=O)c1ccc(Cl)cc1)C(=O)O. The summed E-state index contributed by atoms with van der Waals surface area (Å²) in [6.45, 7) is 0. The predicted octanol–water partition coefficient (Wildman–Crippen LogP) is 2.33. The molecule has 1 amide bonds. The summed E-state index contributed by atoms with van der Waals surface area (Å²) in [6, 6.07) is 5.29. The highest BCUT2D eigenvalue weighted by Gasteiger charge is 2.19. The lowest BCUT2D eigenvalue weighted by molar-refractivity contribution is -0.139. The van der Waals surface area contributed by atoms with Crippen LogP contribution in [-0.4, -0.2) is 23.0 Å². The highest BCUT2D eigenvalue weighted by Crippen LogP contribution is 2.10. The normalized spacial score (nSPS) is 11.4. The van der Waals surface area contributed by atoms with Gasteiger partial charge in [0.05, 0.1) is 0 Å². The Hall–Kier alpha value is -1.99. The van der Waals surface area contributed by atoms with Crippen LogP contribution in [-0.2, 0) is 4.79 Å². The van der Waals surface area contributed by atoms with Crippen molar-refractivity contribution in [2.75, 3.05) is 0 Å². The van der Waals surface area contributed by atoms with Crippen LogP contribution in [0.25, 0.3) is 0 Å². The predicted molar refractivity (Wildman–Crippen MR) is 73.0 cm³/mol. The molecule has 2 N–H and O–H groups in total. The van der Waals surface area contributed by atoms with Gasteiger partial charge in [-0.2, -0.15) is 0 Å². The molecule has 4 nitrogen and oxygen atoms in total. The number of benzene rings is 1. The van der Waals surface area contributed by atoms with E-state index in [-0.39, 0.29) is 0 Å². The highest BCUT2D eigenvalue weighted by atomic mass is 35.5. The molecule has 0 spiro atoms. The molecule has 0 fully saturated rings. The van der Waals surface area contributed by atoms with Crippen LogP contribution >= 0.6 is 11.6 Å². The van der Waals surface area contributed by atoms with Crippen molar-refractivity contribution in [1.29, 1.82) is 0 Å². The van der Waals surface area contributed by atoms with Crippen LogP contribution in [0.15, 0.2) is 24.3 Å². The van der Waals surface area contributed by atoms with Crippen LogP contribution in [0.4, 0.5) is 0 Å². The lowest BCUT2D eigenvalue weighted by Gasteiger charge is -2.13. The minimum absolute atomic E-state index is 0.304. The zero-order valence-electron chi connectivity index (χ0n) is 10.2. The number of carboxylic acids is 1. The maximum Gasteiger partial charge on any atom is 0.326 e. The molecule has 0 unspecified atom stereocenters. The second-order valence-electron chi connectivity index (χ2n) is 3.97. The molecule has 1 atom stereocenters. The van der Waals surface area contributed by atoms with Crippen LogP contribution in [0.5, 0.6) is 0 Å². The Balaban J connectivity index is 2.63. The number of hydrogen-bond acceptors (Lipinski definition) is 2. The summed E-state index contributed by atoms with van der Waals surface area (Å²) in [4.78, 5) is 22.9. The van der Waals surface area contributed by atoms with Gasteiger partial charge in [0.2, 0.25) is 0 Å². The van der Waals surface area contributed by atoms with Crippen molar-refractivity contribution in [2.45, 2.75) is 25.3 Å². The number of terminal acetylenes is 1. The number of carboxylic acid groups (broad SMARTS) is 1. The number of hydrogen-bond donors (Lipinski definition) is 2. The maximum atomic E-state index is 11.8. The molecule has 0 aliphatic rings. The minimum Gasteiger partial charge on any atom is -0.480 e. The zero-order chi connectivity index (χ0) is 14.3. The summed E-state index contributed by atoms with van der Waals surface area (Å²) in [6.07, 6.45) is 6.44. The second-order valence-corrected chi connectivity index (χ2v) is 4.40. The van der Waals surface area contributed by atoms with Crippen molar-refractivity contribution in [3.05, 3.63) is 34.9 Å². The maximum absolute atomic E-state index is 11.8. The lowest BCUT2D eigenvalue weighted by atomic mass is 10.1. The molecule has 0 saturated heterocycles. The van der Waals surface area contributed by atoms with E-state index in [1.165, 1.54) is 12.1 Å². The average molecular weight is 280 g/mol. The first kappa shape index (κ1) is 15.1. The largest absolute Gasteiger partial charge is 0.480 e. The fourth-order valence-corrected chi connectivity index (χ4v) is 1.63. The van der Waals surface area contributed by atoms with E-state index in [9.17, 15) is 9.59 Å². The van der Waals surface area contributed by atoms with Gasteiger partial charge in [0.1, 0.15) is 6.04 Å². The first-order chi connectivity index (χ1) is 9.04. The van der Waals surface area contributed by atoms with Gasteiger partial charge in [-0.25, -0.2) is 4.79 Å². The molecular formula is C14H14ClNO3. The van der Waals surface area contributed by atoms with E-state index in [1.807, 2.05) is 0 Å². The number of halogens is 1. The number of carbonyl (C=O) groups is 2. The molecule has 100 valence electrons. The molecule has 1 aromatic carbocycles. The Kier molecular flexibility index (Phi) is 5.91. The fraction of sp³-hybridized carbons (Fsp3) is 0.286. The van der Waals surface area contributed by atoms with E-state index >= 15 is 0 Å². The zero-order valence-corrected chi connectivity index (χ0v) is 11.0. The van der Waals surface area contributed by atoms with Crippen LogP contribution in [0, 0.1) is 12.3 Å². The van der Waals surface area contributed by atoms with Crippen molar-refractivity contribution in [1.82, 2.24) is 5.32 Å². The average Bonchev–Trinajstić information content (AvgIpc) is 2.38. The van der Waals surface area contributed by atoms with Crippen molar-refractivity contribution in [2.24, 2.45) is 0 Å². The van der Waals surface area contributed by atoms with Gasteiger partial charge in [0.25, 0.3) is 5.91 Å². The third kappa shape index (κ3) is 5.02. The number of unbranched alkanes of at least 4 members (excludes halogenated alkanes) is 1. The number of rotatable bonds is 6. The van der Waals surface area contributed by atoms with Crippen molar-refractivity contribution in [3.63, 3.8) is 0 Å². The third-order valence-corrected chi connectivity index (χ3v) is 2.78. The van der Waals surface area contributed by atoms with Crippen LogP contribution in [0.1, 0.15) is 29.6 Å². The number of amides is 1. The van der Waals surface area contributed by atoms with Gasteiger partial charge in [-0.05, 0) is 37.1 Å². The molecular weight excluding hydrogens is 266 g/mol. The molecule has 1 rings (SSSR count). The van der Waals surface area contributed by atoms with Gasteiger partial charge >= 0.3 is 5.97 Å². The summed E-state index contributed by atoms with van der Waals surface area (Å²) in [5.74, 6) is 0.923. The Morgan fingerprint density at radius 1 is 1.37 bits per heavy atom. The Morgan fingerprint density at radius 2 is 2.00 bits per heavy atom. The summed E-state index contributed by atoms with van der Waals surface area (Å²) < 4.78 is 0.